The van der Waals surface area contributed by atoms with Crippen LogP contribution in [0.4, 0.5) is 29.7 Å². The highest BCUT2D eigenvalue weighted by Crippen LogP contribution is 2.48. The average Bonchev–Trinajstić information content (AvgIpc) is 3.80. The van der Waals surface area contributed by atoms with Crippen LogP contribution in [0.3, 0.4) is 0 Å². The number of rotatable bonds is 7. The number of nitrogen functional groups attached to an aromatic ring is 1. The second-order valence-electron chi connectivity index (χ2n) is 12.7. The summed E-state index contributed by atoms with van der Waals surface area (Å²) in [7, 11) is 1.85. The lowest BCUT2D eigenvalue weighted by molar-refractivity contribution is -0.126. The number of hydrogen-bond acceptors (Lipinski definition) is 8. The van der Waals surface area contributed by atoms with Crippen LogP contribution in [0.2, 0.25) is 0 Å². The van der Waals surface area contributed by atoms with E-state index in [0.717, 1.165) is 30.7 Å². The van der Waals surface area contributed by atoms with Gasteiger partial charge in [-0.1, -0.05) is 18.7 Å². The Labute approximate surface area is 274 Å². The van der Waals surface area contributed by atoms with Crippen molar-refractivity contribution in [3.8, 4) is 17.1 Å². The molecule has 3 fully saturated rings. The molecular weight excluding hydrogens is 627 g/mol. The predicted molar refractivity (Wildman–Crippen MR) is 178 cm³/mol. The van der Waals surface area contributed by atoms with Crippen LogP contribution in [-0.2, 0) is 4.79 Å². The summed E-state index contributed by atoms with van der Waals surface area (Å²) in [5, 5.41) is 0.820. The zero-order valence-electron chi connectivity index (χ0n) is 26.1. The van der Waals surface area contributed by atoms with Crippen molar-refractivity contribution in [2.75, 3.05) is 43.9 Å². The maximum Gasteiger partial charge on any atom is 0.319 e. The van der Waals surface area contributed by atoms with Crippen molar-refractivity contribution in [3.63, 3.8) is 0 Å². The second kappa shape index (κ2) is 11.7. The van der Waals surface area contributed by atoms with Crippen molar-refractivity contribution in [1.29, 1.82) is 0 Å². The lowest BCUT2D eigenvalue weighted by atomic mass is 9.95. The third-order valence-electron chi connectivity index (χ3n) is 10.2. The van der Waals surface area contributed by atoms with Crippen molar-refractivity contribution < 1.29 is 22.7 Å². The smallest absolute Gasteiger partial charge is 0.319 e. The van der Waals surface area contributed by atoms with Gasteiger partial charge >= 0.3 is 6.01 Å². The number of nitrogens with zero attached hydrogens (tertiary/aromatic N) is 6. The number of likely N-dealkylation sites (N-methyl/N-ethyl adjacent to an activating group) is 1. The van der Waals surface area contributed by atoms with E-state index in [4.69, 9.17) is 22.0 Å². The molecule has 47 heavy (non-hydrogen) atoms. The first-order valence-electron chi connectivity index (χ1n) is 15.6. The van der Waals surface area contributed by atoms with Crippen LogP contribution >= 0.6 is 11.3 Å². The van der Waals surface area contributed by atoms with Gasteiger partial charge in [0.1, 0.15) is 29.9 Å². The Morgan fingerprint density at radius 2 is 2.06 bits per heavy atom. The third-order valence-corrected chi connectivity index (χ3v) is 11.2. The lowest BCUT2D eigenvalue weighted by Crippen LogP contribution is -2.44. The van der Waals surface area contributed by atoms with Gasteiger partial charge < -0.3 is 20.3 Å². The van der Waals surface area contributed by atoms with Gasteiger partial charge in [0.05, 0.1) is 27.9 Å². The molecule has 3 saturated heterocycles. The fourth-order valence-electron chi connectivity index (χ4n) is 7.85. The first-order valence-corrected chi connectivity index (χ1v) is 16.4. The molecule has 4 aromatic rings. The molecule has 4 unspecified atom stereocenters. The highest BCUT2D eigenvalue weighted by atomic mass is 32.1. The van der Waals surface area contributed by atoms with E-state index in [1.807, 2.05) is 18.9 Å². The number of nitrogens with two attached hydrogens (primary N) is 1. The van der Waals surface area contributed by atoms with E-state index >= 15 is 4.39 Å². The molecule has 0 radical (unpaired) electrons. The number of carbonyl (C=O) groups is 1. The summed E-state index contributed by atoms with van der Waals surface area (Å²) in [5.41, 5.74) is 6.10. The van der Waals surface area contributed by atoms with Crippen molar-refractivity contribution in [1.82, 2.24) is 19.8 Å². The normalized spacial score (nSPS) is 24.2. The van der Waals surface area contributed by atoms with Gasteiger partial charge in [0.2, 0.25) is 11.6 Å². The molecule has 0 saturated carbocycles. The van der Waals surface area contributed by atoms with E-state index in [0.29, 0.717) is 42.7 Å². The predicted octanol–water partition coefficient (Wildman–Crippen LogP) is 6.49. The molecule has 0 aliphatic carbocycles. The van der Waals surface area contributed by atoms with Crippen LogP contribution in [0.1, 0.15) is 32.6 Å². The number of thiophene rings is 1. The molecule has 3 aliphatic rings. The van der Waals surface area contributed by atoms with E-state index in [1.54, 1.807) is 17.0 Å². The number of ether oxygens (including phenoxy) is 1. The summed E-state index contributed by atoms with van der Waals surface area (Å²) in [6, 6.07) is 5.59. The van der Waals surface area contributed by atoms with Crippen molar-refractivity contribution in [3.05, 3.63) is 60.0 Å². The van der Waals surface area contributed by atoms with E-state index < -0.39 is 23.3 Å². The summed E-state index contributed by atoms with van der Waals surface area (Å²) < 4.78 is 52.6. The second-order valence-corrected chi connectivity index (χ2v) is 13.7. The minimum Gasteiger partial charge on any atom is -0.461 e. The molecule has 5 heterocycles. The molecular formula is C34H34F3N7O2S. The van der Waals surface area contributed by atoms with E-state index in [2.05, 4.69) is 21.3 Å². The number of aromatic nitrogens is 2. The zero-order chi connectivity index (χ0) is 33.2. The minimum absolute atomic E-state index is 0.0142. The molecule has 1 amide bonds. The molecule has 4 atom stereocenters. The maximum atomic E-state index is 16.8. The Morgan fingerprint density at radius 3 is 2.83 bits per heavy atom. The zero-order valence-corrected chi connectivity index (χ0v) is 26.9. The highest BCUT2D eigenvalue weighted by molar-refractivity contribution is 7.23. The van der Waals surface area contributed by atoms with Crippen molar-refractivity contribution in [2.24, 2.45) is 0 Å². The standard InChI is InChI=1S/C34H34F3N7O2S/c1-5-25(45)44-14-11-24(18(44)2)42(4)32-22-8-7-21(20-9-10-23(36)30-26(20)29(39-3)31(38)47-30)27(37)28(22)40-33(41-32)46-17-34-12-6-13-43(34)16-19(35)15-34/h5,7-10,18-19,24H,1,6,11-17,38H2,2,4H3. The lowest BCUT2D eigenvalue weighted by Gasteiger charge is -2.33. The highest BCUT2D eigenvalue weighted by Gasteiger charge is 2.49. The molecule has 9 nitrogen and oxygen atoms in total. The van der Waals surface area contributed by atoms with Gasteiger partial charge in [0, 0.05) is 48.9 Å². The number of halogens is 3. The van der Waals surface area contributed by atoms with Crippen LogP contribution in [0.25, 0.3) is 37.0 Å². The number of fused-ring (bicyclic) bond motifs is 3. The van der Waals surface area contributed by atoms with E-state index in [-0.39, 0.29) is 62.5 Å². The number of amides is 1. The number of alkyl halides is 1. The quantitative estimate of drug-likeness (QED) is 0.179. The van der Waals surface area contributed by atoms with Crippen LogP contribution in [0.5, 0.6) is 6.01 Å². The fraction of sp³-hybridized carbons (Fsp3) is 0.412. The summed E-state index contributed by atoms with van der Waals surface area (Å²) in [5.74, 6) is -0.981. The van der Waals surface area contributed by atoms with Gasteiger partial charge in [-0.05, 0) is 56.5 Å². The van der Waals surface area contributed by atoms with Gasteiger partial charge in [-0.3, -0.25) is 9.69 Å². The topological polar surface area (TPSA) is 92.2 Å². The molecule has 7 rings (SSSR count). The SMILES string of the molecule is [C-]#[N+]c1c(N)sc2c(F)ccc(-c3ccc4c(N(C)C5CCN(C(=O)C=C)C5C)nc(OCC56CCCN5CC(F)C6)nc4c3F)c12. The monoisotopic (exact) mass is 661 g/mol. The molecule has 2 aromatic carbocycles. The molecule has 244 valence electrons. The summed E-state index contributed by atoms with van der Waals surface area (Å²) in [6.07, 6.45) is 3.08. The molecule has 0 bridgehead atoms. The minimum atomic E-state index is -0.942. The average molecular weight is 662 g/mol. The van der Waals surface area contributed by atoms with E-state index in [1.165, 1.54) is 18.2 Å². The molecule has 0 spiro atoms. The number of benzene rings is 2. The van der Waals surface area contributed by atoms with E-state index in [9.17, 15) is 13.6 Å². The summed E-state index contributed by atoms with van der Waals surface area (Å²) in [4.78, 5) is 31.2. The van der Waals surface area contributed by atoms with Crippen LogP contribution in [0, 0.1) is 18.2 Å². The first-order chi connectivity index (χ1) is 22.6. The first kappa shape index (κ1) is 31.2. The van der Waals surface area contributed by atoms with Gasteiger partial charge in [0.15, 0.2) is 5.82 Å². The number of hydrogen-bond donors (Lipinski definition) is 1. The Bertz CT molecular complexity index is 1980. The van der Waals surface area contributed by atoms with Crippen molar-refractivity contribution in [2.45, 2.75) is 56.4 Å². The van der Waals surface area contributed by atoms with Crippen molar-refractivity contribution >= 4 is 54.7 Å². The Balaban J connectivity index is 1.35. The molecule has 2 aromatic heterocycles. The number of anilines is 2. The van der Waals surface area contributed by atoms with Gasteiger partial charge in [-0.15, -0.1) is 11.3 Å². The third kappa shape index (κ3) is 4.96. The fourth-order valence-corrected chi connectivity index (χ4v) is 8.79. The summed E-state index contributed by atoms with van der Waals surface area (Å²) >= 11 is 0.950. The molecule has 13 heteroatoms. The van der Waals surface area contributed by atoms with Crippen LogP contribution < -0.4 is 15.4 Å². The number of carbonyl (C=O) groups excluding carboxylic acids is 1. The molecule has 3 aliphatic heterocycles. The maximum absolute atomic E-state index is 16.8. The van der Waals surface area contributed by atoms with Crippen LogP contribution in [0.15, 0.2) is 36.9 Å². The molecule has 2 N–H and O–H groups in total. The van der Waals surface area contributed by atoms with Gasteiger partial charge in [-0.2, -0.15) is 9.97 Å². The number of likely N-dealkylation sites (tertiary alicyclic amines) is 1. The van der Waals surface area contributed by atoms with Gasteiger partial charge in [-0.25, -0.2) is 18.0 Å². The van der Waals surface area contributed by atoms with Crippen LogP contribution in [-0.4, -0.2) is 82.8 Å². The Hall–Kier alpha value is -4.41. The largest absolute Gasteiger partial charge is 0.461 e. The van der Waals surface area contributed by atoms with Gasteiger partial charge in [0.25, 0.3) is 0 Å². The Morgan fingerprint density at radius 1 is 1.28 bits per heavy atom. The summed E-state index contributed by atoms with van der Waals surface area (Å²) in [6.45, 7) is 15.1. The Kier molecular flexibility index (Phi) is 7.75.